The quantitative estimate of drug-likeness (QED) is 0.845. The number of anilines is 1. The number of hydrogen-bond donors (Lipinski definition) is 1. The van der Waals surface area contributed by atoms with Crippen LogP contribution in [0.3, 0.4) is 0 Å². The molecule has 0 aromatic carbocycles. The highest BCUT2D eigenvalue weighted by Crippen LogP contribution is 2.29. The van der Waals surface area contributed by atoms with Gasteiger partial charge < -0.3 is 10.2 Å². The van der Waals surface area contributed by atoms with Crippen LogP contribution in [0, 0.1) is 0 Å². The summed E-state index contributed by atoms with van der Waals surface area (Å²) in [5.41, 5.74) is 1.16. The van der Waals surface area contributed by atoms with Gasteiger partial charge in [0.05, 0.1) is 5.69 Å². The molecule has 0 saturated heterocycles. The highest BCUT2D eigenvalue weighted by molar-refractivity contribution is 7.13. The second-order valence-corrected chi connectivity index (χ2v) is 6.16. The molecule has 1 fully saturated rings. The van der Waals surface area contributed by atoms with Gasteiger partial charge in [0.15, 0.2) is 5.13 Å². The molecular formula is C14H25N3S. The Morgan fingerprint density at radius 1 is 1.33 bits per heavy atom. The fourth-order valence-corrected chi connectivity index (χ4v) is 3.54. The average Bonchev–Trinajstić information content (AvgIpc) is 2.72. The van der Waals surface area contributed by atoms with Crippen LogP contribution in [0.2, 0.25) is 0 Å². The van der Waals surface area contributed by atoms with E-state index in [0.29, 0.717) is 12.1 Å². The molecule has 0 aliphatic heterocycles. The molecule has 1 N–H and O–H groups in total. The molecule has 102 valence electrons. The molecule has 1 aliphatic rings. The Morgan fingerprint density at radius 3 is 2.61 bits per heavy atom. The van der Waals surface area contributed by atoms with E-state index in [1.807, 2.05) is 7.05 Å². The summed E-state index contributed by atoms with van der Waals surface area (Å²) < 4.78 is 0. The first-order valence-corrected chi connectivity index (χ1v) is 7.96. The highest BCUT2D eigenvalue weighted by Gasteiger charge is 2.20. The molecule has 1 aromatic heterocycles. The third-order valence-corrected chi connectivity index (χ3v) is 5.01. The minimum Gasteiger partial charge on any atom is -0.348 e. The van der Waals surface area contributed by atoms with Gasteiger partial charge in [-0.3, -0.25) is 0 Å². The molecular weight excluding hydrogens is 242 g/mol. The summed E-state index contributed by atoms with van der Waals surface area (Å²) in [6.45, 7) is 2.16. The van der Waals surface area contributed by atoms with E-state index in [2.05, 4.69) is 29.6 Å². The molecule has 2 rings (SSSR count). The number of rotatable bonds is 4. The molecule has 1 unspecified atom stereocenters. The summed E-state index contributed by atoms with van der Waals surface area (Å²) in [6, 6.07) is 1.04. The van der Waals surface area contributed by atoms with Gasteiger partial charge in [0.2, 0.25) is 0 Å². The van der Waals surface area contributed by atoms with E-state index in [-0.39, 0.29) is 0 Å². The molecule has 1 atom stereocenters. The van der Waals surface area contributed by atoms with Crippen LogP contribution in [0.1, 0.15) is 57.2 Å². The van der Waals surface area contributed by atoms with Gasteiger partial charge in [-0.1, -0.05) is 25.7 Å². The van der Waals surface area contributed by atoms with Crippen molar-refractivity contribution in [2.45, 2.75) is 57.5 Å². The molecule has 0 radical (unpaired) electrons. The highest BCUT2D eigenvalue weighted by atomic mass is 32.1. The fraction of sp³-hybridized carbons (Fsp3) is 0.786. The summed E-state index contributed by atoms with van der Waals surface area (Å²) in [5.74, 6) is 0. The molecule has 0 bridgehead atoms. The maximum Gasteiger partial charge on any atom is 0.185 e. The van der Waals surface area contributed by atoms with Crippen molar-refractivity contribution in [3.63, 3.8) is 0 Å². The van der Waals surface area contributed by atoms with E-state index in [0.717, 1.165) is 5.69 Å². The van der Waals surface area contributed by atoms with Crippen LogP contribution >= 0.6 is 11.3 Å². The Hall–Kier alpha value is -0.610. The Kier molecular flexibility index (Phi) is 5.01. The van der Waals surface area contributed by atoms with Crippen molar-refractivity contribution in [1.82, 2.24) is 10.3 Å². The lowest BCUT2D eigenvalue weighted by molar-refractivity contribution is 0.550. The largest absolute Gasteiger partial charge is 0.348 e. The van der Waals surface area contributed by atoms with Crippen LogP contribution in [0.25, 0.3) is 0 Å². The zero-order chi connectivity index (χ0) is 13.0. The van der Waals surface area contributed by atoms with E-state index in [1.165, 1.54) is 43.7 Å². The summed E-state index contributed by atoms with van der Waals surface area (Å²) in [5, 5.41) is 6.61. The molecule has 1 aliphatic carbocycles. The Morgan fingerprint density at radius 2 is 2.00 bits per heavy atom. The van der Waals surface area contributed by atoms with Crippen LogP contribution < -0.4 is 10.2 Å². The maximum absolute atomic E-state index is 4.77. The summed E-state index contributed by atoms with van der Waals surface area (Å²) in [7, 11) is 4.20. The van der Waals surface area contributed by atoms with Crippen molar-refractivity contribution in [2.24, 2.45) is 0 Å². The Labute approximate surface area is 115 Å². The van der Waals surface area contributed by atoms with Crippen LogP contribution in [0.15, 0.2) is 5.38 Å². The summed E-state index contributed by atoms with van der Waals surface area (Å²) in [4.78, 5) is 7.17. The van der Waals surface area contributed by atoms with Crippen molar-refractivity contribution in [2.75, 3.05) is 19.0 Å². The lowest BCUT2D eigenvalue weighted by atomic mass is 10.1. The van der Waals surface area contributed by atoms with Crippen molar-refractivity contribution in [3.05, 3.63) is 11.1 Å². The first-order valence-electron chi connectivity index (χ1n) is 7.08. The van der Waals surface area contributed by atoms with Gasteiger partial charge in [0.1, 0.15) is 0 Å². The van der Waals surface area contributed by atoms with E-state index in [9.17, 15) is 0 Å². The normalized spacial score (nSPS) is 19.5. The number of nitrogens with zero attached hydrogens (tertiary/aromatic N) is 2. The van der Waals surface area contributed by atoms with Crippen molar-refractivity contribution in [1.29, 1.82) is 0 Å². The predicted molar refractivity (Wildman–Crippen MR) is 79.5 cm³/mol. The van der Waals surface area contributed by atoms with Gasteiger partial charge in [-0.05, 0) is 26.8 Å². The zero-order valence-electron chi connectivity index (χ0n) is 11.8. The Balaban J connectivity index is 2.03. The smallest absolute Gasteiger partial charge is 0.185 e. The van der Waals surface area contributed by atoms with Gasteiger partial charge in [0.25, 0.3) is 0 Å². The molecule has 3 nitrogen and oxygen atoms in total. The Bertz CT molecular complexity index is 356. The van der Waals surface area contributed by atoms with Crippen LogP contribution in [0.5, 0.6) is 0 Å². The van der Waals surface area contributed by atoms with Gasteiger partial charge >= 0.3 is 0 Å². The molecule has 0 amide bonds. The lowest BCUT2D eigenvalue weighted by Crippen LogP contribution is -2.31. The van der Waals surface area contributed by atoms with E-state index >= 15 is 0 Å². The van der Waals surface area contributed by atoms with E-state index in [1.54, 1.807) is 11.3 Å². The van der Waals surface area contributed by atoms with E-state index in [4.69, 9.17) is 4.98 Å². The minimum absolute atomic E-state index is 0.345. The van der Waals surface area contributed by atoms with E-state index < -0.39 is 0 Å². The maximum atomic E-state index is 4.77. The minimum atomic E-state index is 0.345. The summed E-state index contributed by atoms with van der Waals surface area (Å²) >= 11 is 1.78. The zero-order valence-corrected chi connectivity index (χ0v) is 12.6. The standard InChI is InChI=1S/C14H25N3S/c1-11(15-2)13-10-18-14(16-13)17(3)12-8-6-4-5-7-9-12/h10-12,15H,4-9H2,1-3H3. The van der Waals surface area contributed by atoms with Crippen LogP contribution in [-0.2, 0) is 0 Å². The van der Waals surface area contributed by atoms with Crippen molar-refractivity contribution < 1.29 is 0 Å². The van der Waals surface area contributed by atoms with Gasteiger partial charge in [-0.2, -0.15) is 0 Å². The first kappa shape index (κ1) is 13.8. The number of nitrogens with one attached hydrogen (secondary N) is 1. The molecule has 18 heavy (non-hydrogen) atoms. The van der Waals surface area contributed by atoms with Gasteiger partial charge in [0, 0.05) is 24.5 Å². The number of aromatic nitrogens is 1. The molecule has 1 heterocycles. The average molecular weight is 267 g/mol. The molecule has 4 heteroatoms. The second-order valence-electron chi connectivity index (χ2n) is 5.32. The van der Waals surface area contributed by atoms with Crippen molar-refractivity contribution in [3.8, 4) is 0 Å². The van der Waals surface area contributed by atoms with Crippen molar-refractivity contribution >= 4 is 16.5 Å². The van der Waals surface area contributed by atoms with Crippen LogP contribution in [-0.4, -0.2) is 25.1 Å². The van der Waals surface area contributed by atoms with Gasteiger partial charge in [-0.25, -0.2) is 4.98 Å². The third-order valence-electron chi connectivity index (χ3n) is 4.06. The van der Waals surface area contributed by atoms with Gasteiger partial charge in [-0.15, -0.1) is 11.3 Å². The second kappa shape index (κ2) is 6.53. The molecule has 0 spiro atoms. The summed E-state index contributed by atoms with van der Waals surface area (Å²) in [6.07, 6.45) is 8.22. The SMILES string of the molecule is CNC(C)c1csc(N(C)C2CCCCCC2)n1. The topological polar surface area (TPSA) is 28.2 Å². The number of thiazole rings is 1. The predicted octanol–water partition coefficient (Wildman–Crippen LogP) is 3.58. The lowest BCUT2D eigenvalue weighted by Gasteiger charge is -2.26. The third kappa shape index (κ3) is 3.23. The van der Waals surface area contributed by atoms with Crippen LogP contribution in [0.4, 0.5) is 5.13 Å². The fourth-order valence-electron chi connectivity index (χ4n) is 2.59. The number of hydrogen-bond acceptors (Lipinski definition) is 4. The first-order chi connectivity index (χ1) is 8.72. The molecule has 1 saturated carbocycles. The molecule has 1 aromatic rings. The monoisotopic (exact) mass is 267 g/mol.